The Balaban J connectivity index is 2.20. The second-order valence-corrected chi connectivity index (χ2v) is 7.34. The van der Waals surface area contributed by atoms with Crippen LogP contribution in [0.15, 0.2) is 18.3 Å². The zero-order valence-electron chi connectivity index (χ0n) is 16.6. The summed E-state index contributed by atoms with van der Waals surface area (Å²) < 4.78 is 1.67. The smallest absolute Gasteiger partial charge is 0.315 e. The van der Waals surface area contributed by atoms with Crippen molar-refractivity contribution in [2.75, 3.05) is 20.1 Å². The maximum atomic E-state index is 13.0. The van der Waals surface area contributed by atoms with Crippen LogP contribution in [0.2, 0.25) is 0 Å². The van der Waals surface area contributed by atoms with Crippen molar-refractivity contribution in [3.63, 3.8) is 0 Å². The van der Waals surface area contributed by atoms with Crippen molar-refractivity contribution in [2.24, 2.45) is 12.8 Å². The molecule has 2 unspecified atom stereocenters. The van der Waals surface area contributed by atoms with Crippen LogP contribution in [0.4, 0.5) is 4.79 Å². The molecule has 2 atom stereocenters. The van der Waals surface area contributed by atoms with Crippen LogP contribution in [0.3, 0.4) is 0 Å². The van der Waals surface area contributed by atoms with E-state index in [1.807, 2.05) is 13.8 Å². The Morgan fingerprint density at radius 2 is 2.00 bits per heavy atom. The second kappa shape index (κ2) is 8.77. The fourth-order valence-electron chi connectivity index (χ4n) is 3.28. The third-order valence-corrected chi connectivity index (χ3v) is 4.53. The number of nitrogens with one attached hydrogen (secondary N) is 2. The highest BCUT2D eigenvalue weighted by Gasteiger charge is 2.42. The molecule has 2 heterocycles. The molecule has 10 heteroatoms. The number of nitrogens with zero attached hydrogens (tertiary/aromatic N) is 3. The van der Waals surface area contributed by atoms with Crippen LogP contribution < -0.4 is 16.4 Å². The van der Waals surface area contributed by atoms with Crippen LogP contribution in [0.1, 0.15) is 30.8 Å². The highest BCUT2D eigenvalue weighted by atomic mass is 16.2. The minimum Gasteiger partial charge on any atom is -0.368 e. The number of primary amides is 1. The van der Waals surface area contributed by atoms with Gasteiger partial charge in [-0.05, 0) is 32.4 Å². The van der Waals surface area contributed by atoms with Gasteiger partial charge in [-0.1, -0.05) is 0 Å². The fraction of sp³-hybridized carbons (Fsp3) is 0.556. The average Bonchev–Trinajstić information content (AvgIpc) is 3.18. The molecule has 154 valence electrons. The molecule has 0 aromatic carbocycles. The number of carbonyl (C=O) groups excluding carboxylic acids is 4. The summed E-state index contributed by atoms with van der Waals surface area (Å²) in [5.74, 6) is -1.35. The summed E-state index contributed by atoms with van der Waals surface area (Å²) in [6.45, 7) is 3.62. The Morgan fingerprint density at radius 1 is 1.32 bits per heavy atom. The van der Waals surface area contributed by atoms with Gasteiger partial charge in [0, 0.05) is 32.9 Å². The first kappa shape index (κ1) is 21.3. The topological polar surface area (TPSA) is 130 Å². The van der Waals surface area contributed by atoms with E-state index in [1.54, 1.807) is 29.9 Å². The van der Waals surface area contributed by atoms with Crippen molar-refractivity contribution in [3.8, 4) is 0 Å². The Bertz CT molecular complexity index is 759. The number of amides is 5. The van der Waals surface area contributed by atoms with Crippen molar-refractivity contribution in [1.29, 1.82) is 0 Å². The number of nitrogens with two attached hydrogens (primary N) is 1. The highest BCUT2D eigenvalue weighted by Crippen LogP contribution is 2.22. The van der Waals surface area contributed by atoms with Gasteiger partial charge in [0.15, 0.2) is 0 Å². The highest BCUT2D eigenvalue weighted by molar-refractivity contribution is 5.97. The van der Waals surface area contributed by atoms with Crippen LogP contribution in [0.5, 0.6) is 0 Å². The predicted molar refractivity (Wildman–Crippen MR) is 102 cm³/mol. The first-order valence-corrected chi connectivity index (χ1v) is 9.12. The summed E-state index contributed by atoms with van der Waals surface area (Å²) in [7, 11) is 3.20. The lowest BCUT2D eigenvalue weighted by molar-refractivity contribution is -0.137. The number of rotatable bonds is 6. The zero-order chi connectivity index (χ0) is 21.0. The molecule has 2 rings (SSSR count). The van der Waals surface area contributed by atoms with E-state index < -0.39 is 17.9 Å². The lowest BCUT2D eigenvalue weighted by Crippen LogP contribution is -2.48. The van der Waals surface area contributed by atoms with Gasteiger partial charge in [0.05, 0.1) is 12.6 Å². The lowest BCUT2D eigenvalue weighted by Gasteiger charge is -2.27. The predicted octanol–water partition coefficient (Wildman–Crippen LogP) is -0.740. The van der Waals surface area contributed by atoms with Gasteiger partial charge >= 0.3 is 6.03 Å². The van der Waals surface area contributed by atoms with E-state index >= 15 is 0 Å². The minimum atomic E-state index is -0.795. The number of hydrogen-bond acceptors (Lipinski definition) is 4. The van der Waals surface area contributed by atoms with Gasteiger partial charge in [0.25, 0.3) is 5.91 Å². The van der Waals surface area contributed by atoms with Crippen molar-refractivity contribution in [3.05, 3.63) is 24.0 Å². The number of urea groups is 1. The normalized spacial score (nSPS) is 18.8. The van der Waals surface area contributed by atoms with E-state index in [-0.39, 0.29) is 43.5 Å². The summed E-state index contributed by atoms with van der Waals surface area (Å²) in [5, 5.41) is 5.54. The largest absolute Gasteiger partial charge is 0.368 e. The Kier molecular flexibility index (Phi) is 6.66. The molecule has 0 aliphatic carbocycles. The summed E-state index contributed by atoms with van der Waals surface area (Å²) in [6, 6.07) is 1.83. The lowest BCUT2D eigenvalue weighted by atomic mass is 10.1. The third kappa shape index (κ3) is 5.02. The van der Waals surface area contributed by atoms with E-state index in [0.717, 1.165) is 0 Å². The van der Waals surface area contributed by atoms with Crippen LogP contribution in [-0.2, 0) is 16.6 Å². The Hall–Kier alpha value is -3.04. The molecule has 1 aliphatic heterocycles. The molecule has 1 aliphatic rings. The van der Waals surface area contributed by atoms with Crippen LogP contribution >= 0.6 is 0 Å². The monoisotopic (exact) mass is 392 g/mol. The zero-order valence-corrected chi connectivity index (χ0v) is 16.6. The van der Waals surface area contributed by atoms with Gasteiger partial charge in [-0.15, -0.1) is 0 Å². The quantitative estimate of drug-likeness (QED) is 0.589. The standard InChI is InChI=1S/C18H28N6O4/c1-11(2)20-18(28)21-12-8-14(16(26)23(4)10-15(19)25)24(9-12)17(27)13-6-5-7-22(13)3/h5-7,11-12,14H,8-10H2,1-4H3,(H2,19,25)(H2,20,21,28). The first-order chi connectivity index (χ1) is 13.1. The fourth-order valence-corrected chi connectivity index (χ4v) is 3.28. The van der Waals surface area contributed by atoms with Gasteiger partial charge in [-0.25, -0.2) is 4.79 Å². The van der Waals surface area contributed by atoms with Crippen molar-refractivity contribution >= 4 is 23.8 Å². The van der Waals surface area contributed by atoms with Crippen LogP contribution in [0.25, 0.3) is 0 Å². The van der Waals surface area contributed by atoms with E-state index in [1.165, 1.54) is 16.8 Å². The third-order valence-electron chi connectivity index (χ3n) is 4.53. The summed E-state index contributed by atoms with van der Waals surface area (Å²) >= 11 is 0. The van der Waals surface area contributed by atoms with E-state index in [9.17, 15) is 19.2 Å². The molecule has 0 bridgehead atoms. The number of aromatic nitrogens is 1. The van der Waals surface area contributed by atoms with E-state index in [4.69, 9.17) is 5.73 Å². The molecule has 4 N–H and O–H groups in total. The molecule has 1 saturated heterocycles. The molecular weight excluding hydrogens is 364 g/mol. The summed E-state index contributed by atoms with van der Waals surface area (Å²) in [5.41, 5.74) is 5.61. The van der Waals surface area contributed by atoms with Crippen molar-refractivity contribution in [1.82, 2.24) is 25.0 Å². The minimum absolute atomic E-state index is 0.0402. The number of likely N-dealkylation sites (N-methyl/N-ethyl adjacent to an activating group) is 1. The van der Waals surface area contributed by atoms with Gasteiger partial charge in [0.2, 0.25) is 11.8 Å². The van der Waals surface area contributed by atoms with E-state index in [0.29, 0.717) is 5.69 Å². The molecule has 1 aromatic heterocycles. The molecule has 5 amide bonds. The summed E-state index contributed by atoms with van der Waals surface area (Å²) in [6.07, 6.45) is 1.99. The Labute approximate surface area is 164 Å². The second-order valence-electron chi connectivity index (χ2n) is 7.34. The maximum absolute atomic E-state index is 13.0. The molecule has 0 saturated carbocycles. The SMILES string of the molecule is CC(C)NC(=O)NC1CC(C(=O)N(C)CC(N)=O)N(C(=O)c2cccn2C)C1. The van der Waals surface area contributed by atoms with Crippen molar-refractivity contribution < 1.29 is 19.2 Å². The molecule has 10 nitrogen and oxygen atoms in total. The molecule has 28 heavy (non-hydrogen) atoms. The number of likely N-dealkylation sites (tertiary alicyclic amines) is 1. The van der Waals surface area contributed by atoms with Crippen LogP contribution in [0, 0.1) is 0 Å². The maximum Gasteiger partial charge on any atom is 0.315 e. The summed E-state index contributed by atoms with van der Waals surface area (Å²) in [4.78, 5) is 51.7. The number of aryl methyl sites for hydroxylation is 1. The average molecular weight is 392 g/mol. The van der Waals surface area contributed by atoms with Crippen LogP contribution in [-0.4, -0.2) is 76.4 Å². The van der Waals surface area contributed by atoms with Gasteiger partial charge < -0.3 is 30.7 Å². The molecule has 1 aromatic rings. The van der Waals surface area contributed by atoms with Gasteiger partial charge in [0.1, 0.15) is 11.7 Å². The van der Waals surface area contributed by atoms with Crippen molar-refractivity contribution in [2.45, 2.75) is 38.4 Å². The molecule has 0 radical (unpaired) electrons. The van der Waals surface area contributed by atoms with Gasteiger partial charge in [-0.2, -0.15) is 0 Å². The molecular formula is C18H28N6O4. The number of hydrogen-bond donors (Lipinski definition) is 3. The first-order valence-electron chi connectivity index (χ1n) is 9.12. The van der Waals surface area contributed by atoms with E-state index in [2.05, 4.69) is 10.6 Å². The molecule has 0 spiro atoms. The number of carbonyl (C=O) groups is 4. The molecule has 1 fully saturated rings. The Morgan fingerprint density at radius 3 is 2.54 bits per heavy atom. The van der Waals surface area contributed by atoms with Gasteiger partial charge in [-0.3, -0.25) is 14.4 Å².